The minimum absolute atomic E-state index is 0.0736. The van der Waals surface area contributed by atoms with Gasteiger partial charge in [0.1, 0.15) is 0 Å². The molecule has 6 nitrogen and oxygen atoms in total. The second-order valence-electron chi connectivity index (χ2n) is 6.83. The molecule has 1 aromatic carbocycles. The first kappa shape index (κ1) is 20.5. The number of carbonyl (C=O) groups is 3. The van der Waals surface area contributed by atoms with Crippen LogP contribution in [0, 0.1) is 11.8 Å². The van der Waals surface area contributed by atoms with Crippen LogP contribution in [-0.4, -0.2) is 48.8 Å². The third-order valence-electron chi connectivity index (χ3n) is 4.24. The van der Waals surface area contributed by atoms with E-state index in [0.717, 1.165) is 6.42 Å². The van der Waals surface area contributed by atoms with Crippen LogP contribution in [0.25, 0.3) is 0 Å². The topological polar surface area (TPSA) is 78.5 Å². The van der Waals surface area contributed by atoms with Crippen molar-refractivity contribution in [1.82, 2.24) is 15.5 Å². The molecule has 26 heavy (non-hydrogen) atoms. The molecule has 1 saturated heterocycles. The van der Waals surface area contributed by atoms with Crippen molar-refractivity contribution in [3.05, 3.63) is 33.8 Å². The number of rotatable bonds is 5. The standard InChI is InChI=1S/C18H23Cl2N3O3/c1-11-5-12(2)10-23(9-11)17(25)8-21-16(24)7-22-18(26)14-4-3-13(19)6-15(14)20/h3-4,6,11-12H,5,7-10H2,1-2H3,(H,21,24)(H,22,26). The Hall–Kier alpha value is -1.79. The van der Waals surface area contributed by atoms with E-state index in [9.17, 15) is 14.4 Å². The SMILES string of the molecule is CC1CC(C)CN(C(=O)CNC(=O)CNC(=O)c2ccc(Cl)cc2Cl)C1. The minimum atomic E-state index is -0.480. The number of likely N-dealkylation sites (tertiary alicyclic amines) is 1. The lowest BCUT2D eigenvalue weighted by Crippen LogP contribution is -2.48. The fourth-order valence-electron chi connectivity index (χ4n) is 3.14. The maximum Gasteiger partial charge on any atom is 0.253 e. The highest BCUT2D eigenvalue weighted by atomic mass is 35.5. The van der Waals surface area contributed by atoms with Crippen LogP contribution in [0.4, 0.5) is 0 Å². The van der Waals surface area contributed by atoms with Gasteiger partial charge in [0.2, 0.25) is 11.8 Å². The number of hydrogen-bond acceptors (Lipinski definition) is 3. The first-order valence-corrected chi connectivity index (χ1v) is 9.29. The Morgan fingerprint density at radius 3 is 2.35 bits per heavy atom. The van der Waals surface area contributed by atoms with E-state index in [-0.39, 0.29) is 29.6 Å². The summed E-state index contributed by atoms with van der Waals surface area (Å²) in [7, 11) is 0. The number of nitrogens with one attached hydrogen (secondary N) is 2. The molecule has 1 aromatic rings. The largest absolute Gasteiger partial charge is 0.345 e. The predicted octanol–water partition coefficient (Wildman–Crippen LogP) is 2.34. The number of amides is 3. The van der Waals surface area contributed by atoms with Crippen LogP contribution in [0.5, 0.6) is 0 Å². The molecule has 0 aromatic heterocycles. The maximum absolute atomic E-state index is 12.2. The average Bonchev–Trinajstić information content (AvgIpc) is 2.56. The fraction of sp³-hybridized carbons (Fsp3) is 0.500. The molecule has 1 aliphatic heterocycles. The van der Waals surface area contributed by atoms with Crippen LogP contribution in [0.2, 0.25) is 10.0 Å². The lowest BCUT2D eigenvalue weighted by molar-refractivity contribution is -0.134. The highest BCUT2D eigenvalue weighted by Crippen LogP contribution is 2.21. The summed E-state index contributed by atoms with van der Waals surface area (Å²) in [6, 6.07) is 4.49. The van der Waals surface area contributed by atoms with Crippen molar-refractivity contribution in [2.24, 2.45) is 11.8 Å². The Balaban J connectivity index is 1.76. The van der Waals surface area contributed by atoms with Crippen molar-refractivity contribution in [1.29, 1.82) is 0 Å². The molecule has 1 aliphatic rings. The van der Waals surface area contributed by atoms with Gasteiger partial charge in [-0.25, -0.2) is 0 Å². The Bertz CT molecular complexity index is 686. The molecule has 1 heterocycles. The molecule has 0 radical (unpaired) electrons. The summed E-state index contributed by atoms with van der Waals surface area (Å²) in [4.78, 5) is 37.9. The molecule has 2 rings (SSSR count). The van der Waals surface area contributed by atoms with Crippen molar-refractivity contribution < 1.29 is 14.4 Å². The monoisotopic (exact) mass is 399 g/mol. The summed E-state index contributed by atoms with van der Waals surface area (Å²) in [5.74, 6) is -0.103. The van der Waals surface area contributed by atoms with Crippen molar-refractivity contribution in [3.8, 4) is 0 Å². The molecule has 8 heteroatoms. The van der Waals surface area contributed by atoms with E-state index in [1.54, 1.807) is 11.0 Å². The second-order valence-corrected chi connectivity index (χ2v) is 7.67. The zero-order chi connectivity index (χ0) is 19.3. The van der Waals surface area contributed by atoms with Crippen molar-refractivity contribution in [3.63, 3.8) is 0 Å². The van der Waals surface area contributed by atoms with E-state index in [1.807, 2.05) is 0 Å². The molecular formula is C18H23Cl2N3O3. The van der Waals surface area contributed by atoms with Gasteiger partial charge in [0, 0.05) is 18.1 Å². The van der Waals surface area contributed by atoms with Gasteiger partial charge in [0.05, 0.1) is 23.7 Å². The molecule has 3 amide bonds. The fourth-order valence-corrected chi connectivity index (χ4v) is 3.64. The van der Waals surface area contributed by atoms with Crippen LogP contribution < -0.4 is 10.6 Å². The molecule has 2 atom stereocenters. The Morgan fingerprint density at radius 1 is 1.08 bits per heavy atom. The van der Waals surface area contributed by atoms with Crippen molar-refractivity contribution >= 4 is 40.9 Å². The van der Waals surface area contributed by atoms with E-state index < -0.39 is 11.8 Å². The van der Waals surface area contributed by atoms with Crippen molar-refractivity contribution in [2.45, 2.75) is 20.3 Å². The summed E-state index contributed by atoms with van der Waals surface area (Å²) >= 11 is 11.7. The Labute approximate surface area is 163 Å². The summed E-state index contributed by atoms with van der Waals surface area (Å²) in [6.45, 7) is 5.35. The summed E-state index contributed by atoms with van der Waals surface area (Å²) in [5.41, 5.74) is 0.233. The van der Waals surface area contributed by atoms with Gasteiger partial charge in [0.25, 0.3) is 5.91 Å². The van der Waals surface area contributed by atoms with Crippen LogP contribution in [-0.2, 0) is 9.59 Å². The zero-order valence-electron chi connectivity index (χ0n) is 14.9. The molecule has 0 saturated carbocycles. The molecule has 0 aliphatic carbocycles. The van der Waals surface area contributed by atoms with Gasteiger partial charge in [-0.05, 0) is 36.5 Å². The summed E-state index contributed by atoms with van der Waals surface area (Å²) in [5, 5.41) is 5.64. The van der Waals surface area contributed by atoms with E-state index in [1.165, 1.54) is 12.1 Å². The number of benzene rings is 1. The van der Waals surface area contributed by atoms with Crippen LogP contribution >= 0.6 is 23.2 Å². The Morgan fingerprint density at radius 2 is 1.73 bits per heavy atom. The number of hydrogen-bond donors (Lipinski definition) is 2. The minimum Gasteiger partial charge on any atom is -0.345 e. The molecule has 0 spiro atoms. The Kier molecular flexibility index (Phi) is 7.29. The van der Waals surface area contributed by atoms with Crippen LogP contribution in [0.15, 0.2) is 18.2 Å². The molecule has 2 unspecified atom stereocenters. The third-order valence-corrected chi connectivity index (χ3v) is 4.79. The lowest BCUT2D eigenvalue weighted by atomic mass is 9.92. The van der Waals surface area contributed by atoms with E-state index in [4.69, 9.17) is 23.2 Å². The molecule has 2 N–H and O–H groups in total. The number of piperidine rings is 1. The predicted molar refractivity (Wildman–Crippen MR) is 101 cm³/mol. The van der Waals surface area contributed by atoms with Gasteiger partial charge in [-0.1, -0.05) is 37.0 Å². The lowest BCUT2D eigenvalue weighted by Gasteiger charge is -2.35. The number of halogens is 2. The van der Waals surface area contributed by atoms with E-state index >= 15 is 0 Å². The smallest absolute Gasteiger partial charge is 0.253 e. The van der Waals surface area contributed by atoms with Gasteiger partial charge in [0.15, 0.2) is 0 Å². The second kappa shape index (κ2) is 9.24. The maximum atomic E-state index is 12.2. The summed E-state index contributed by atoms with van der Waals surface area (Å²) in [6.07, 6.45) is 1.11. The van der Waals surface area contributed by atoms with Gasteiger partial charge in [-0.2, -0.15) is 0 Å². The molecular weight excluding hydrogens is 377 g/mol. The highest BCUT2D eigenvalue weighted by molar-refractivity contribution is 6.36. The number of nitrogens with zero attached hydrogens (tertiary/aromatic N) is 1. The number of carbonyl (C=O) groups excluding carboxylic acids is 3. The van der Waals surface area contributed by atoms with E-state index in [2.05, 4.69) is 24.5 Å². The van der Waals surface area contributed by atoms with Crippen LogP contribution in [0.1, 0.15) is 30.6 Å². The molecule has 0 bridgehead atoms. The van der Waals surface area contributed by atoms with Gasteiger partial charge in [-0.3, -0.25) is 14.4 Å². The van der Waals surface area contributed by atoms with E-state index in [0.29, 0.717) is 29.9 Å². The molecule has 142 valence electrons. The first-order valence-electron chi connectivity index (χ1n) is 8.54. The zero-order valence-corrected chi connectivity index (χ0v) is 16.4. The summed E-state index contributed by atoms with van der Waals surface area (Å²) < 4.78 is 0. The average molecular weight is 400 g/mol. The highest BCUT2D eigenvalue weighted by Gasteiger charge is 2.25. The first-order chi connectivity index (χ1) is 12.3. The third kappa shape index (κ3) is 5.88. The van der Waals surface area contributed by atoms with Crippen LogP contribution in [0.3, 0.4) is 0 Å². The quantitative estimate of drug-likeness (QED) is 0.797. The van der Waals surface area contributed by atoms with Gasteiger partial charge < -0.3 is 15.5 Å². The van der Waals surface area contributed by atoms with Gasteiger partial charge in [-0.15, -0.1) is 0 Å². The van der Waals surface area contributed by atoms with Crippen molar-refractivity contribution in [2.75, 3.05) is 26.2 Å². The normalized spacial score (nSPS) is 19.8. The molecule has 1 fully saturated rings. The van der Waals surface area contributed by atoms with Gasteiger partial charge >= 0.3 is 0 Å².